The Bertz CT molecular complexity index is 1150. The van der Waals surface area contributed by atoms with Gasteiger partial charge >= 0.3 is 0 Å². The highest BCUT2D eigenvalue weighted by Crippen LogP contribution is 2.35. The maximum absolute atomic E-state index is 13.2. The lowest BCUT2D eigenvalue weighted by atomic mass is 10.1. The maximum atomic E-state index is 13.2. The van der Waals surface area contributed by atoms with Gasteiger partial charge in [0.05, 0.1) is 23.6 Å². The standard InChI is InChI=1S/C24H28N4O3S/c1-18-14-22-15-21(8-9-23(22)28(18)32(2,30)31)24(29)27-11-3-10-26(12-13-27)17-20-6-4-19(16-25)5-7-20/h4-9,15,18H,3,10-14,17H2,1-2H3. The summed E-state index contributed by atoms with van der Waals surface area (Å²) in [7, 11) is -3.34. The largest absolute Gasteiger partial charge is 0.337 e. The molecule has 1 fully saturated rings. The Kier molecular flexibility index (Phi) is 6.22. The van der Waals surface area contributed by atoms with Gasteiger partial charge in [-0.1, -0.05) is 12.1 Å². The minimum absolute atomic E-state index is 0.00141. The molecule has 7 nitrogen and oxygen atoms in total. The summed E-state index contributed by atoms with van der Waals surface area (Å²) in [6.07, 6.45) is 2.73. The van der Waals surface area contributed by atoms with Gasteiger partial charge < -0.3 is 4.90 Å². The fourth-order valence-electron chi connectivity index (χ4n) is 4.70. The number of hydrogen-bond donors (Lipinski definition) is 0. The molecule has 1 saturated heterocycles. The normalized spacial score (nSPS) is 19.3. The molecule has 2 aromatic carbocycles. The number of nitrogens with zero attached hydrogens (tertiary/aromatic N) is 4. The average molecular weight is 453 g/mol. The van der Waals surface area contributed by atoms with Crippen LogP contribution in [0, 0.1) is 11.3 Å². The Balaban J connectivity index is 1.42. The highest BCUT2D eigenvalue weighted by atomic mass is 32.2. The van der Waals surface area contributed by atoms with Gasteiger partial charge in [-0.3, -0.25) is 14.0 Å². The molecule has 0 bridgehead atoms. The van der Waals surface area contributed by atoms with Crippen LogP contribution in [0.25, 0.3) is 0 Å². The fraction of sp³-hybridized carbons (Fsp3) is 0.417. The van der Waals surface area contributed by atoms with Gasteiger partial charge in [0.15, 0.2) is 0 Å². The second kappa shape index (κ2) is 8.93. The van der Waals surface area contributed by atoms with Crippen LogP contribution in [0.1, 0.15) is 40.4 Å². The van der Waals surface area contributed by atoms with Crippen LogP contribution < -0.4 is 4.31 Å². The van der Waals surface area contributed by atoms with Gasteiger partial charge in [-0.05, 0) is 61.2 Å². The first-order valence-electron chi connectivity index (χ1n) is 10.9. The molecule has 32 heavy (non-hydrogen) atoms. The Morgan fingerprint density at radius 2 is 1.84 bits per heavy atom. The van der Waals surface area contributed by atoms with Crippen molar-refractivity contribution in [1.29, 1.82) is 5.26 Å². The Labute approximate surface area is 189 Å². The molecule has 168 valence electrons. The zero-order valence-corrected chi connectivity index (χ0v) is 19.3. The maximum Gasteiger partial charge on any atom is 0.253 e. The number of anilines is 1. The van der Waals surface area contributed by atoms with Crippen LogP contribution in [-0.2, 0) is 23.0 Å². The molecule has 8 heteroatoms. The molecule has 0 radical (unpaired) electrons. The van der Waals surface area contributed by atoms with Crippen LogP contribution in [-0.4, -0.2) is 62.6 Å². The van der Waals surface area contributed by atoms with Crippen molar-refractivity contribution in [2.24, 2.45) is 0 Å². The molecule has 4 rings (SSSR count). The van der Waals surface area contributed by atoms with E-state index in [-0.39, 0.29) is 11.9 Å². The van der Waals surface area contributed by atoms with Crippen molar-refractivity contribution in [1.82, 2.24) is 9.80 Å². The molecule has 0 aromatic heterocycles. The molecule has 0 spiro atoms. The zero-order valence-electron chi connectivity index (χ0n) is 18.5. The van der Waals surface area contributed by atoms with Gasteiger partial charge in [0, 0.05) is 44.3 Å². The minimum Gasteiger partial charge on any atom is -0.337 e. The average Bonchev–Trinajstić information content (AvgIpc) is 2.93. The number of hydrogen-bond acceptors (Lipinski definition) is 5. The van der Waals surface area contributed by atoms with E-state index in [1.54, 1.807) is 12.1 Å². The zero-order chi connectivity index (χ0) is 22.9. The molecule has 1 unspecified atom stereocenters. The Morgan fingerprint density at radius 3 is 2.53 bits per heavy atom. The summed E-state index contributed by atoms with van der Waals surface area (Å²) in [6, 6.07) is 15.0. The molecule has 2 aliphatic rings. The molecule has 0 aliphatic carbocycles. The predicted molar refractivity (Wildman–Crippen MR) is 124 cm³/mol. The van der Waals surface area contributed by atoms with E-state index < -0.39 is 10.0 Å². The number of fused-ring (bicyclic) bond motifs is 1. The third kappa shape index (κ3) is 4.64. The van der Waals surface area contributed by atoms with E-state index in [2.05, 4.69) is 11.0 Å². The molecule has 1 amide bonds. The van der Waals surface area contributed by atoms with Gasteiger partial charge in [0.1, 0.15) is 0 Å². The van der Waals surface area contributed by atoms with Gasteiger partial charge in [0.2, 0.25) is 10.0 Å². The van der Waals surface area contributed by atoms with Crippen LogP contribution in [0.2, 0.25) is 0 Å². The molecule has 1 atom stereocenters. The van der Waals surface area contributed by atoms with Crippen LogP contribution in [0.3, 0.4) is 0 Å². The highest BCUT2D eigenvalue weighted by Gasteiger charge is 2.33. The molecule has 2 aromatic rings. The summed E-state index contributed by atoms with van der Waals surface area (Å²) in [5.74, 6) is -0.00141. The first-order chi connectivity index (χ1) is 15.3. The second-order valence-corrected chi connectivity index (χ2v) is 10.5. The molecule has 2 aliphatic heterocycles. The van der Waals surface area contributed by atoms with Gasteiger partial charge in [-0.2, -0.15) is 5.26 Å². The van der Waals surface area contributed by atoms with Crippen LogP contribution in [0.5, 0.6) is 0 Å². The Hall–Kier alpha value is -2.89. The molecule has 0 saturated carbocycles. The van der Waals surface area contributed by atoms with Crippen molar-refractivity contribution in [2.75, 3.05) is 36.7 Å². The van der Waals surface area contributed by atoms with Crippen LogP contribution in [0.15, 0.2) is 42.5 Å². The number of carbonyl (C=O) groups is 1. The van der Waals surface area contributed by atoms with Crippen molar-refractivity contribution >= 4 is 21.6 Å². The number of carbonyl (C=O) groups excluding carboxylic acids is 1. The van der Waals surface area contributed by atoms with E-state index >= 15 is 0 Å². The summed E-state index contributed by atoms with van der Waals surface area (Å²) in [5, 5.41) is 8.95. The monoisotopic (exact) mass is 452 g/mol. The number of sulfonamides is 1. The summed E-state index contributed by atoms with van der Waals surface area (Å²) in [4.78, 5) is 17.4. The first kappa shape index (κ1) is 22.3. The summed E-state index contributed by atoms with van der Waals surface area (Å²) in [6.45, 7) is 5.74. The van der Waals surface area contributed by atoms with E-state index in [0.29, 0.717) is 36.3 Å². The van der Waals surface area contributed by atoms with Crippen LogP contribution in [0.4, 0.5) is 5.69 Å². The second-order valence-electron chi connectivity index (χ2n) is 8.69. The molecular formula is C24H28N4O3S. The fourth-order valence-corrected chi connectivity index (χ4v) is 5.96. The minimum atomic E-state index is -3.34. The SMILES string of the molecule is CC1Cc2cc(C(=O)N3CCCN(Cc4ccc(C#N)cc4)CC3)ccc2N1S(C)(=O)=O. The third-order valence-corrected chi connectivity index (χ3v) is 7.47. The molecular weight excluding hydrogens is 424 g/mol. The quantitative estimate of drug-likeness (QED) is 0.712. The van der Waals surface area contributed by atoms with Gasteiger partial charge in [-0.25, -0.2) is 8.42 Å². The number of benzene rings is 2. The van der Waals surface area contributed by atoms with Crippen molar-refractivity contribution in [3.8, 4) is 6.07 Å². The molecule has 0 N–H and O–H groups in total. The van der Waals surface area contributed by atoms with Crippen molar-refractivity contribution < 1.29 is 13.2 Å². The van der Waals surface area contributed by atoms with Crippen molar-refractivity contribution in [3.05, 3.63) is 64.7 Å². The topological polar surface area (TPSA) is 84.7 Å². The van der Waals surface area contributed by atoms with E-state index in [4.69, 9.17) is 5.26 Å². The van der Waals surface area contributed by atoms with Crippen molar-refractivity contribution in [2.45, 2.75) is 32.4 Å². The lowest BCUT2D eigenvalue weighted by Crippen LogP contribution is -2.35. The smallest absolute Gasteiger partial charge is 0.253 e. The Morgan fingerprint density at radius 1 is 1.09 bits per heavy atom. The van der Waals surface area contributed by atoms with Gasteiger partial charge in [-0.15, -0.1) is 0 Å². The summed E-state index contributed by atoms with van der Waals surface area (Å²) >= 11 is 0. The van der Waals surface area contributed by atoms with E-state index in [1.807, 2.05) is 42.2 Å². The van der Waals surface area contributed by atoms with Crippen molar-refractivity contribution in [3.63, 3.8) is 0 Å². The lowest BCUT2D eigenvalue weighted by Gasteiger charge is -2.23. The highest BCUT2D eigenvalue weighted by molar-refractivity contribution is 7.92. The van der Waals surface area contributed by atoms with Crippen LogP contribution >= 0.6 is 0 Å². The lowest BCUT2D eigenvalue weighted by molar-refractivity contribution is 0.0761. The summed E-state index contributed by atoms with van der Waals surface area (Å²) in [5.41, 5.74) is 4.02. The summed E-state index contributed by atoms with van der Waals surface area (Å²) < 4.78 is 25.7. The number of nitriles is 1. The number of rotatable bonds is 4. The molecule has 2 heterocycles. The first-order valence-corrected chi connectivity index (χ1v) is 12.7. The van der Waals surface area contributed by atoms with E-state index in [0.717, 1.165) is 37.2 Å². The van der Waals surface area contributed by atoms with Gasteiger partial charge in [0.25, 0.3) is 5.91 Å². The third-order valence-electron chi connectivity index (χ3n) is 6.20. The predicted octanol–water partition coefficient (Wildman–Crippen LogP) is 2.62. The van der Waals surface area contributed by atoms with E-state index in [9.17, 15) is 13.2 Å². The van der Waals surface area contributed by atoms with E-state index in [1.165, 1.54) is 10.6 Å². The number of amides is 1.